The molecule has 0 spiro atoms. The summed E-state index contributed by atoms with van der Waals surface area (Å²) in [7, 11) is -2.13. The van der Waals surface area contributed by atoms with E-state index in [-0.39, 0.29) is 109 Å². The van der Waals surface area contributed by atoms with Crippen LogP contribution in [-0.2, 0) is 97.7 Å². The second-order valence-electron chi connectivity index (χ2n) is 35.2. The summed E-state index contributed by atoms with van der Waals surface area (Å²) in [4.78, 5) is 6.42. The molecule has 0 N–H and O–H groups in total. The second kappa shape index (κ2) is 32.2. The van der Waals surface area contributed by atoms with Gasteiger partial charge in [-0.25, -0.2) is 0 Å². The van der Waals surface area contributed by atoms with E-state index in [2.05, 4.69) is 324 Å². The second-order valence-corrected chi connectivity index (χ2v) is 46.5. The maximum absolute atomic E-state index is 11.7. The maximum Gasteiger partial charge on any atom is 0.106 e. The fraction of sp³-hybridized carbons (Fsp3) is 0.407. The Morgan fingerprint density at radius 1 is 0.410 bits per heavy atom. The summed E-state index contributed by atoms with van der Waals surface area (Å²) < 4.78 is 0. The fourth-order valence-corrected chi connectivity index (χ4v) is 26.2. The predicted molar refractivity (Wildman–Crippen MR) is 432 cm³/mol. The third kappa shape index (κ3) is 18.5. The van der Waals surface area contributed by atoms with Crippen molar-refractivity contribution in [1.82, 2.24) is 0 Å². The van der Waals surface area contributed by atoms with E-state index in [1.54, 1.807) is 42.1 Å². The fourth-order valence-electron chi connectivity index (χ4n) is 14.8. The number of rotatable bonds is 5. The first-order chi connectivity index (χ1) is 45.0. The Labute approximate surface area is 660 Å². The number of fused-ring (bicyclic) bond motifs is 2. The van der Waals surface area contributed by atoms with E-state index in [0.717, 1.165) is 35.8 Å². The van der Waals surface area contributed by atoms with Gasteiger partial charge in [-0.3, -0.25) is 0 Å². The summed E-state index contributed by atoms with van der Waals surface area (Å²) in [6, 6.07) is 52.1. The Balaban J connectivity index is 0.000000190. The normalized spacial score (nSPS) is 17.3. The van der Waals surface area contributed by atoms with Crippen molar-refractivity contribution >= 4 is 61.2 Å². The zero-order valence-electron chi connectivity index (χ0n) is 65.5. The van der Waals surface area contributed by atoms with E-state index < -0.39 is 16.1 Å². The number of thioether (sulfide) groups is 2. The zero-order valence-corrected chi connectivity index (χ0v) is 74.8. The standard InChI is InChI=1S/C22H25.C21H23.2C14H22O.2C10H12SSi.ClH.2Zr/c1-5-7-16-14-18-8-6-9-20(21(18)15-16)17-10-12-19(13-11-17)22(2,3)4;1-5-15-13-17-7-6-8-19(20(17)14-15)16-9-11-18(12-10-16)21(2,3)4;2*1-13(2,3)10-7-8-12(15)11(9-10)14(4,5)6;2*1-6-10-9-7(11-6)4-5-8(9)12(10,2)3;;;/h6,8-15H,5,7H2,1-4H3;6-14H,5H2,1-4H3;2*7-9,15H,1-6H3;2*4-5,9H,1-3H3;1H;;/q2*-1;;;;;;;/p-3. The Hall–Kier alpha value is -4.23. The molecule has 2 atom stereocenters. The van der Waals surface area contributed by atoms with E-state index in [4.69, 9.17) is 0 Å². The SMILES string of the molecule is CC(C)(C)c1ccc([O-])c(C(C)(C)C)c1.CC(C)(C)c1ccc([O-])c(C(C)(C)C)c1.CC1=C2C3C(=CC=C3[Si]2(C)C)S1.CC1=C2C3C(=CC=C3[Si]2(C)C)S1.CCCc1cc2c(-c3ccc(C(C)(C)C)cc3)cccc2[cH-]1.CCc1cc2c(-c3ccc(C(C)(C)C)cc3)cccc2[cH-]1.[Cl-].[Zr].[Zr]. The average Bonchev–Trinajstić information content (AvgIpc) is 1.54. The van der Waals surface area contributed by atoms with Gasteiger partial charge in [0.1, 0.15) is 16.1 Å². The van der Waals surface area contributed by atoms with Crippen LogP contribution in [0.25, 0.3) is 43.8 Å². The number of aryl methyl sites for hydroxylation is 2. The third-order valence-electron chi connectivity index (χ3n) is 20.7. The molecule has 2 nitrogen and oxygen atoms in total. The topological polar surface area (TPSA) is 46.1 Å². The number of hydrogen-bond donors (Lipinski definition) is 0. The Bertz CT molecular complexity index is 4270. The van der Waals surface area contributed by atoms with Gasteiger partial charge in [-0.1, -0.05) is 359 Å². The van der Waals surface area contributed by atoms with E-state index in [1.165, 1.54) is 83.6 Å². The minimum atomic E-state index is -1.06. The molecule has 6 aliphatic rings. The van der Waals surface area contributed by atoms with Crippen molar-refractivity contribution in [2.75, 3.05) is 0 Å². The minimum absolute atomic E-state index is 0. The van der Waals surface area contributed by atoms with Crippen LogP contribution < -0.4 is 22.6 Å². The first-order valence-electron chi connectivity index (χ1n) is 35.8. The molecule has 0 saturated carbocycles. The van der Waals surface area contributed by atoms with E-state index >= 15 is 0 Å². The van der Waals surface area contributed by atoms with Crippen molar-refractivity contribution in [3.63, 3.8) is 0 Å². The van der Waals surface area contributed by atoms with Crippen LogP contribution in [0.4, 0.5) is 0 Å². The summed E-state index contributed by atoms with van der Waals surface area (Å²) in [6.45, 7) is 58.0. The van der Waals surface area contributed by atoms with Crippen LogP contribution in [0.3, 0.4) is 0 Å². The summed E-state index contributed by atoms with van der Waals surface area (Å²) in [5, 5.41) is 36.2. The average molecular weight is 1580 g/mol. The number of benzene rings is 6. The van der Waals surface area contributed by atoms with Gasteiger partial charge < -0.3 is 22.6 Å². The number of halogens is 1. The molecule has 4 aliphatic heterocycles. The summed E-state index contributed by atoms with van der Waals surface area (Å²) in [5.74, 6) is 1.87. The van der Waals surface area contributed by atoms with Crippen molar-refractivity contribution < 1.29 is 75.0 Å². The molecular weight excluding hydrogens is 1460 g/mol. The molecule has 0 radical (unpaired) electrons. The van der Waals surface area contributed by atoms with Crippen LogP contribution in [-0.4, -0.2) is 16.1 Å². The van der Waals surface area contributed by atoms with Gasteiger partial charge in [0.25, 0.3) is 0 Å². The molecule has 2 aliphatic carbocycles. The van der Waals surface area contributed by atoms with Crippen LogP contribution >= 0.6 is 23.5 Å². The molecule has 0 amide bonds. The Kier molecular flexibility index (Phi) is 27.3. The van der Waals surface area contributed by atoms with E-state index in [9.17, 15) is 10.2 Å². The van der Waals surface area contributed by atoms with Crippen molar-refractivity contribution in [1.29, 1.82) is 0 Å². The van der Waals surface area contributed by atoms with Crippen LogP contribution in [0.2, 0.25) is 26.2 Å². The van der Waals surface area contributed by atoms with Gasteiger partial charge in [0, 0.05) is 64.2 Å². The zero-order chi connectivity index (χ0) is 71.5. The molecule has 100 heavy (non-hydrogen) atoms. The van der Waals surface area contributed by atoms with Crippen molar-refractivity contribution in [3.05, 3.63) is 255 Å². The molecular formula is C91H114ClO2S2Si2Zr2-5. The third-order valence-corrected chi connectivity index (χ3v) is 31.2. The maximum atomic E-state index is 11.7. The van der Waals surface area contributed by atoms with Crippen LogP contribution in [0.15, 0.2) is 210 Å². The summed E-state index contributed by atoms with van der Waals surface area (Å²) >= 11 is 4.02. The molecule has 2 fully saturated rings. The Morgan fingerprint density at radius 2 is 0.740 bits per heavy atom. The van der Waals surface area contributed by atoms with Gasteiger partial charge in [0.05, 0.1) is 0 Å². The predicted octanol–water partition coefficient (Wildman–Crippen LogP) is 22.8. The summed E-state index contributed by atoms with van der Waals surface area (Å²) in [5.41, 5.74) is 15.7. The van der Waals surface area contributed by atoms with Crippen LogP contribution in [0, 0.1) is 11.8 Å². The molecule has 530 valence electrons. The molecule has 9 heteroatoms. The Morgan fingerprint density at radius 3 is 1.06 bits per heavy atom. The molecule has 4 heterocycles. The molecule has 2 unspecified atom stereocenters. The number of hydrogen-bond acceptors (Lipinski definition) is 4. The molecule has 2 saturated heterocycles. The van der Waals surface area contributed by atoms with Crippen molar-refractivity contribution in [2.24, 2.45) is 11.8 Å². The van der Waals surface area contributed by atoms with Gasteiger partial charge in [-0.15, -0.1) is 80.6 Å². The molecule has 8 aromatic carbocycles. The molecule has 0 bridgehead atoms. The van der Waals surface area contributed by atoms with Crippen molar-refractivity contribution in [3.8, 4) is 33.8 Å². The quantitative estimate of drug-likeness (QED) is 0.127. The van der Waals surface area contributed by atoms with Crippen LogP contribution in [0.1, 0.15) is 203 Å². The van der Waals surface area contributed by atoms with Gasteiger partial charge in [0.15, 0.2) is 0 Å². The van der Waals surface area contributed by atoms with Gasteiger partial charge >= 0.3 is 0 Å². The number of allylic oxidation sites excluding steroid dienone is 12. The smallest absolute Gasteiger partial charge is 0.106 e. The van der Waals surface area contributed by atoms with Gasteiger partial charge in [-0.05, 0) is 112 Å². The monoisotopic (exact) mass is 1570 g/mol. The van der Waals surface area contributed by atoms with Gasteiger partial charge in [0.2, 0.25) is 0 Å². The molecule has 14 rings (SSSR count). The first kappa shape index (κ1) is 84.7. The van der Waals surface area contributed by atoms with Crippen molar-refractivity contribution in [2.45, 2.75) is 230 Å². The first-order valence-corrected chi connectivity index (χ1v) is 43.4. The minimum Gasteiger partial charge on any atom is -1.00 e. The summed E-state index contributed by atoms with van der Waals surface area (Å²) in [6.07, 6.45) is 12.9. The largest absolute Gasteiger partial charge is 1.00 e. The van der Waals surface area contributed by atoms with E-state index in [0.29, 0.717) is 0 Å². The molecule has 0 aromatic heterocycles. The van der Waals surface area contributed by atoms with E-state index in [1.807, 2.05) is 46.0 Å². The molecule has 8 aromatic rings. The van der Waals surface area contributed by atoms with Gasteiger partial charge in [-0.2, -0.15) is 12.1 Å². The van der Waals surface area contributed by atoms with Crippen LogP contribution in [0.5, 0.6) is 11.5 Å².